The first kappa shape index (κ1) is 12.3. The Hall–Kier alpha value is -0.820. The van der Waals surface area contributed by atoms with Crippen LogP contribution < -0.4 is 5.73 Å². The zero-order valence-electron chi connectivity index (χ0n) is 10.2. The average molecular weight is 205 g/mol. The van der Waals surface area contributed by atoms with Gasteiger partial charge >= 0.3 is 0 Å². The molecule has 0 bridgehead atoms. The highest BCUT2D eigenvalue weighted by atomic mass is 14.6. The summed E-state index contributed by atoms with van der Waals surface area (Å²) in [6.07, 6.45) is 3.38. The molecule has 15 heavy (non-hydrogen) atoms. The molecular weight excluding hydrogens is 182 g/mol. The minimum absolute atomic E-state index is 0.207. The Balaban J connectivity index is 2.60. The van der Waals surface area contributed by atoms with Crippen molar-refractivity contribution in [2.75, 3.05) is 0 Å². The molecule has 0 aromatic heterocycles. The van der Waals surface area contributed by atoms with Crippen LogP contribution in [-0.4, -0.2) is 0 Å². The number of rotatable bonds is 5. The van der Waals surface area contributed by atoms with E-state index in [4.69, 9.17) is 5.73 Å². The van der Waals surface area contributed by atoms with Gasteiger partial charge in [-0.25, -0.2) is 0 Å². The Morgan fingerprint density at radius 2 is 1.93 bits per heavy atom. The van der Waals surface area contributed by atoms with Gasteiger partial charge in [-0.1, -0.05) is 45.0 Å². The van der Waals surface area contributed by atoms with Crippen molar-refractivity contribution in [2.45, 2.75) is 46.1 Å². The van der Waals surface area contributed by atoms with Crippen molar-refractivity contribution in [3.05, 3.63) is 35.4 Å². The first-order chi connectivity index (χ1) is 7.13. The van der Waals surface area contributed by atoms with Gasteiger partial charge in [-0.2, -0.15) is 0 Å². The predicted molar refractivity (Wildman–Crippen MR) is 66.8 cm³/mol. The number of nitrogens with two attached hydrogens (primary N) is 1. The molecule has 0 heterocycles. The SMILES string of the molecule is CCc1cccc(C(N)CCC(C)C)c1. The summed E-state index contributed by atoms with van der Waals surface area (Å²) in [5.74, 6) is 0.741. The monoisotopic (exact) mass is 205 g/mol. The van der Waals surface area contributed by atoms with Crippen LogP contribution in [0.2, 0.25) is 0 Å². The second-order valence-corrected chi connectivity index (χ2v) is 4.68. The highest BCUT2D eigenvalue weighted by Crippen LogP contribution is 2.19. The second kappa shape index (κ2) is 5.92. The van der Waals surface area contributed by atoms with Crippen molar-refractivity contribution < 1.29 is 0 Å². The molecule has 1 aromatic carbocycles. The van der Waals surface area contributed by atoms with Crippen molar-refractivity contribution in [2.24, 2.45) is 11.7 Å². The second-order valence-electron chi connectivity index (χ2n) is 4.68. The largest absolute Gasteiger partial charge is 0.324 e. The maximum absolute atomic E-state index is 6.17. The van der Waals surface area contributed by atoms with E-state index in [0.717, 1.165) is 18.8 Å². The summed E-state index contributed by atoms with van der Waals surface area (Å²) in [6.45, 7) is 6.67. The number of aryl methyl sites for hydroxylation is 1. The van der Waals surface area contributed by atoms with Crippen LogP contribution in [0.1, 0.15) is 50.8 Å². The van der Waals surface area contributed by atoms with E-state index in [1.807, 2.05) is 0 Å². The van der Waals surface area contributed by atoms with Crippen molar-refractivity contribution >= 4 is 0 Å². The van der Waals surface area contributed by atoms with E-state index < -0.39 is 0 Å². The van der Waals surface area contributed by atoms with Gasteiger partial charge in [0.1, 0.15) is 0 Å². The van der Waals surface area contributed by atoms with E-state index in [1.165, 1.54) is 17.5 Å². The molecule has 0 aliphatic carbocycles. The topological polar surface area (TPSA) is 26.0 Å². The molecule has 2 N–H and O–H groups in total. The quantitative estimate of drug-likeness (QED) is 0.779. The van der Waals surface area contributed by atoms with Crippen LogP contribution in [0.4, 0.5) is 0 Å². The molecule has 0 saturated carbocycles. The minimum atomic E-state index is 0.207. The van der Waals surface area contributed by atoms with Gasteiger partial charge in [0.15, 0.2) is 0 Å². The Morgan fingerprint density at radius 1 is 1.20 bits per heavy atom. The van der Waals surface area contributed by atoms with Crippen LogP contribution in [0.15, 0.2) is 24.3 Å². The van der Waals surface area contributed by atoms with Crippen molar-refractivity contribution in [1.29, 1.82) is 0 Å². The Morgan fingerprint density at radius 3 is 2.53 bits per heavy atom. The first-order valence-electron chi connectivity index (χ1n) is 5.98. The Labute approximate surface area is 93.7 Å². The third-order valence-electron chi connectivity index (χ3n) is 2.84. The molecule has 1 nitrogen and oxygen atoms in total. The molecule has 0 radical (unpaired) electrons. The van der Waals surface area contributed by atoms with E-state index in [2.05, 4.69) is 45.0 Å². The molecule has 1 heteroatoms. The molecule has 0 aliphatic heterocycles. The summed E-state index contributed by atoms with van der Waals surface area (Å²) in [4.78, 5) is 0. The van der Waals surface area contributed by atoms with Crippen LogP contribution in [0.5, 0.6) is 0 Å². The maximum Gasteiger partial charge on any atom is 0.0295 e. The van der Waals surface area contributed by atoms with Gasteiger partial charge in [0.05, 0.1) is 0 Å². The standard InChI is InChI=1S/C14H23N/c1-4-12-6-5-7-13(10-12)14(15)9-8-11(2)3/h5-7,10-11,14H,4,8-9,15H2,1-3H3. The Kier molecular flexibility index (Phi) is 4.83. The summed E-state index contributed by atoms with van der Waals surface area (Å²) in [6, 6.07) is 8.87. The summed E-state index contributed by atoms with van der Waals surface area (Å²) >= 11 is 0. The fourth-order valence-corrected chi connectivity index (χ4v) is 1.72. The molecule has 0 fully saturated rings. The summed E-state index contributed by atoms with van der Waals surface area (Å²) in [7, 11) is 0. The zero-order valence-corrected chi connectivity index (χ0v) is 10.2. The molecule has 1 atom stereocenters. The molecule has 0 saturated heterocycles. The van der Waals surface area contributed by atoms with E-state index >= 15 is 0 Å². The lowest BCUT2D eigenvalue weighted by Crippen LogP contribution is -2.11. The van der Waals surface area contributed by atoms with Crippen molar-refractivity contribution in [3.63, 3.8) is 0 Å². The van der Waals surface area contributed by atoms with Crippen LogP contribution in [0, 0.1) is 5.92 Å². The summed E-state index contributed by atoms with van der Waals surface area (Å²) < 4.78 is 0. The fourth-order valence-electron chi connectivity index (χ4n) is 1.72. The van der Waals surface area contributed by atoms with Gasteiger partial charge in [0.2, 0.25) is 0 Å². The molecular formula is C14H23N. The normalized spacial score (nSPS) is 13.1. The van der Waals surface area contributed by atoms with Gasteiger partial charge in [0.25, 0.3) is 0 Å². The summed E-state index contributed by atoms with van der Waals surface area (Å²) in [5.41, 5.74) is 8.84. The van der Waals surface area contributed by atoms with Gasteiger partial charge in [0, 0.05) is 6.04 Å². The Bertz CT molecular complexity index is 291. The lowest BCUT2D eigenvalue weighted by molar-refractivity contribution is 0.507. The molecule has 84 valence electrons. The van der Waals surface area contributed by atoms with Crippen LogP contribution in [0.25, 0.3) is 0 Å². The highest BCUT2D eigenvalue weighted by molar-refractivity contribution is 5.25. The minimum Gasteiger partial charge on any atom is -0.324 e. The van der Waals surface area contributed by atoms with Gasteiger partial charge < -0.3 is 5.73 Å². The van der Waals surface area contributed by atoms with E-state index in [0.29, 0.717) is 0 Å². The third kappa shape index (κ3) is 4.05. The van der Waals surface area contributed by atoms with Crippen LogP contribution in [-0.2, 0) is 6.42 Å². The first-order valence-corrected chi connectivity index (χ1v) is 5.98. The highest BCUT2D eigenvalue weighted by Gasteiger charge is 2.07. The molecule has 1 rings (SSSR count). The average Bonchev–Trinajstić information content (AvgIpc) is 2.26. The predicted octanol–water partition coefficient (Wildman–Crippen LogP) is 3.69. The zero-order chi connectivity index (χ0) is 11.3. The van der Waals surface area contributed by atoms with E-state index in [9.17, 15) is 0 Å². The molecule has 0 aliphatic rings. The lowest BCUT2D eigenvalue weighted by Gasteiger charge is -2.14. The lowest BCUT2D eigenvalue weighted by atomic mass is 9.97. The summed E-state index contributed by atoms with van der Waals surface area (Å²) in [5, 5.41) is 0. The third-order valence-corrected chi connectivity index (χ3v) is 2.84. The number of hydrogen-bond donors (Lipinski definition) is 1. The molecule has 0 amide bonds. The molecule has 0 spiro atoms. The van der Waals surface area contributed by atoms with Gasteiger partial charge in [-0.15, -0.1) is 0 Å². The van der Waals surface area contributed by atoms with Crippen molar-refractivity contribution in [3.8, 4) is 0 Å². The van der Waals surface area contributed by atoms with Gasteiger partial charge in [-0.05, 0) is 36.3 Å². The number of hydrogen-bond acceptors (Lipinski definition) is 1. The van der Waals surface area contributed by atoms with E-state index in [-0.39, 0.29) is 6.04 Å². The fraction of sp³-hybridized carbons (Fsp3) is 0.571. The van der Waals surface area contributed by atoms with Crippen molar-refractivity contribution in [1.82, 2.24) is 0 Å². The maximum atomic E-state index is 6.17. The van der Waals surface area contributed by atoms with Crippen LogP contribution in [0.3, 0.4) is 0 Å². The van der Waals surface area contributed by atoms with E-state index in [1.54, 1.807) is 0 Å². The van der Waals surface area contributed by atoms with Gasteiger partial charge in [-0.3, -0.25) is 0 Å². The number of benzene rings is 1. The molecule has 1 unspecified atom stereocenters. The smallest absolute Gasteiger partial charge is 0.0295 e. The molecule has 1 aromatic rings. The van der Waals surface area contributed by atoms with Crippen LogP contribution >= 0.6 is 0 Å².